The molecular formula is C22H15NO5S2. The third kappa shape index (κ3) is 2.68. The average Bonchev–Trinajstić information content (AvgIpc) is 3.15. The number of benzene rings is 2. The lowest BCUT2D eigenvalue weighted by Crippen LogP contribution is -2.27. The van der Waals surface area contributed by atoms with Crippen molar-refractivity contribution in [1.29, 1.82) is 0 Å². The zero-order valence-corrected chi connectivity index (χ0v) is 17.6. The lowest BCUT2D eigenvalue weighted by molar-refractivity contribution is 0.0977. The van der Waals surface area contributed by atoms with Crippen LogP contribution in [0.15, 0.2) is 62.8 Å². The number of H-pyrrole nitrogens is 1. The molecule has 1 aliphatic heterocycles. The SMILES string of the molecule is COc1ccc([C@H]2C3=C(Sc4[nH]c(=O)sc42)C(=O)c2ccccc2C3=O)cc1OC. The number of carbonyl (C=O) groups excluding carboxylic acids is 2. The summed E-state index contributed by atoms with van der Waals surface area (Å²) in [5, 5.41) is 0.601. The van der Waals surface area contributed by atoms with E-state index < -0.39 is 5.92 Å². The Morgan fingerprint density at radius 1 is 0.900 bits per heavy atom. The topological polar surface area (TPSA) is 85.5 Å². The van der Waals surface area contributed by atoms with Crippen LogP contribution in [0.4, 0.5) is 0 Å². The van der Waals surface area contributed by atoms with Crippen LogP contribution in [0, 0.1) is 0 Å². The van der Waals surface area contributed by atoms with Gasteiger partial charge in [-0.3, -0.25) is 14.4 Å². The summed E-state index contributed by atoms with van der Waals surface area (Å²) in [5.41, 5.74) is 1.93. The molecule has 1 aromatic heterocycles. The number of rotatable bonds is 3. The highest BCUT2D eigenvalue weighted by Crippen LogP contribution is 2.52. The second-order valence-electron chi connectivity index (χ2n) is 6.80. The lowest BCUT2D eigenvalue weighted by atomic mass is 9.79. The third-order valence-electron chi connectivity index (χ3n) is 5.25. The molecule has 0 saturated carbocycles. The van der Waals surface area contributed by atoms with Gasteiger partial charge in [0.25, 0.3) is 0 Å². The Kier molecular flexibility index (Phi) is 4.41. The number of aromatic nitrogens is 1. The molecular weight excluding hydrogens is 422 g/mol. The monoisotopic (exact) mass is 437 g/mol. The predicted molar refractivity (Wildman–Crippen MR) is 114 cm³/mol. The van der Waals surface area contributed by atoms with Gasteiger partial charge in [0.15, 0.2) is 17.3 Å². The molecule has 150 valence electrons. The number of carbonyl (C=O) groups is 2. The Bertz CT molecular complexity index is 1320. The largest absolute Gasteiger partial charge is 0.493 e. The van der Waals surface area contributed by atoms with Gasteiger partial charge in [0.2, 0.25) is 5.78 Å². The van der Waals surface area contributed by atoms with Gasteiger partial charge in [-0.25, -0.2) is 0 Å². The van der Waals surface area contributed by atoms with Gasteiger partial charge in [0.1, 0.15) is 0 Å². The number of ketones is 2. The first kappa shape index (κ1) is 18.9. The van der Waals surface area contributed by atoms with E-state index in [0.717, 1.165) is 33.5 Å². The number of hydrogen-bond acceptors (Lipinski definition) is 7. The maximum atomic E-state index is 13.5. The molecule has 1 aliphatic carbocycles. The van der Waals surface area contributed by atoms with Crippen LogP contribution in [-0.2, 0) is 0 Å². The van der Waals surface area contributed by atoms with E-state index in [1.54, 1.807) is 43.5 Å². The van der Waals surface area contributed by atoms with Crippen molar-refractivity contribution >= 4 is 34.7 Å². The Morgan fingerprint density at radius 2 is 1.60 bits per heavy atom. The maximum absolute atomic E-state index is 13.5. The van der Waals surface area contributed by atoms with Crippen LogP contribution in [0.2, 0.25) is 0 Å². The standard InChI is InChI=1S/C22H15NO5S2/c1-27-13-8-7-10(9-14(13)28-2)15-16-17(24)11-5-3-4-6-12(11)18(25)19(16)29-21-20(15)30-22(26)23-21/h3-9,15H,1-2H3,(H,23,26)/t15-/m0/s1. The summed E-state index contributed by atoms with van der Waals surface area (Å²) in [6.07, 6.45) is 0. The van der Waals surface area contributed by atoms with Gasteiger partial charge in [-0.15, -0.1) is 0 Å². The molecule has 1 N–H and O–H groups in total. The normalized spacial score (nSPS) is 17.3. The number of hydrogen-bond donors (Lipinski definition) is 1. The molecule has 2 aromatic carbocycles. The first-order valence-corrected chi connectivity index (χ1v) is 10.7. The molecule has 0 fully saturated rings. The first-order valence-electron chi connectivity index (χ1n) is 9.09. The number of allylic oxidation sites excluding steroid dienone is 2. The molecule has 0 amide bonds. The number of aromatic amines is 1. The number of fused-ring (bicyclic) bond motifs is 2. The number of ether oxygens (including phenoxy) is 2. The van der Waals surface area contributed by atoms with E-state index in [9.17, 15) is 14.4 Å². The first-order chi connectivity index (χ1) is 14.5. The van der Waals surface area contributed by atoms with Crippen LogP contribution in [-0.4, -0.2) is 30.8 Å². The van der Waals surface area contributed by atoms with E-state index in [2.05, 4.69) is 4.98 Å². The number of nitrogens with one attached hydrogen (secondary N) is 1. The smallest absolute Gasteiger partial charge is 0.305 e. The zero-order chi connectivity index (χ0) is 21.0. The van der Waals surface area contributed by atoms with Crippen molar-refractivity contribution in [3.63, 3.8) is 0 Å². The molecule has 3 aromatic rings. The molecule has 0 spiro atoms. The minimum Gasteiger partial charge on any atom is -0.493 e. The van der Waals surface area contributed by atoms with Gasteiger partial charge >= 0.3 is 4.87 Å². The highest BCUT2D eigenvalue weighted by Gasteiger charge is 2.43. The molecule has 8 heteroatoms. The van der Waals surface area contributed by atoms with Gasteiger partial charge in [-0.05, 0) is 17.7 Å². The van der Waals surface area contributed by atoms with E-state index in [0.29, 0.717) is 38.1 Å². The van der Waals surface area contributed by atoms with Gasteiger partial charge in [-0.1, -0.05) is 53.4 Å². The second kappa shape index (κ2) is 7.00. The maximum Gasteiger partial charge on any atom is 0.305 e. The summed E-state index contributed by atoms with van der Waals surface area (Å²) in [4.78, 5) is 42.6. The summed E-state index contributed by atoms with van der Waals surface area (Å²) in [7, 11) is 3.08. The molecule has 0 radical (unpaired) electrons. The zero-order valence-electron chi connectivity index (χ0n) is 16.0. The van der Waals surface area contributed by atoms with Crippen LogP contribution >= 0.6 is 23.1 Å². The van der Waals surface area contributed by atoms with Gasteiger partial charge in [0, 0.05) is 16.7 Å². The van der Waals surface area contributed by atoms with E-state index in [1.807, 2.05) is 6.07 Å². The van der Waals surface area contributed by atoms with Crippen molar-refractivity contribution in [3.05, 3.63) is 84.2 Å². The molecule has 2 heterocycles. The molecule has 0 saturated heterocycles. The highest BCUT2D eigenvalue weighted by molar-refractivity contribution is 8.04. The Morgan fingerprint density at radius 3 is 2.30 bits per heavy atom. The summed E-state index contributed by atoms with van der Waals surface area (Å²) in [6.45, 7) is 0. The predicted octanol–water partition coefficient (Wildman–Crippen LogP) is 4.02. The molecule has 1 atom stereocenters. The van der Waals surface area contributed by atoms with Crippen molar-refractivity contribution in [2.75, 3.05) is 14.2 Å². The Hall–Kier alpha value is -3.10. The summed E-state index contributed by atoms with van der Waals surface area (Å²) >= 11 is 2.22. The van der Waals surface area contributed by atoms with Gasteiger partial charge in [0.05, 0.1) is 34.9 Å². The Labute approximate surface area is 179 Å². The number of thioether (sulfide) groups is 1. The Balaban J connectivity index is 1.77. The number of thiazole rings is 1. The van der Waals surface area contributed by atoms with Gasteiger partial charge < -0.3 is 14.5 Å². The molecule has 0 bridgehead atoms. The average molecular weight is 437 g/mol. The van der Waals surface area contributed by atoms with E-state index in [-0.39, 0.29) is 16.4 Å². The third-order valence-corrected chi connectivity index (χ3v) is 7.46. The van der Waals surface area contributed by atoms with Crippen molar-refractivity contribution in [1.82, 2.24) is 4.98 Å². The van der Waals surface area contributed by atoms with E-state index in [4.69, 9.17) is 9.47 Å². The fourth-order valence-electron chi connectivity index (χ4n) is 3.91. The van der Waals surface area contributed by atoms with Crippen LogP contribution in [0.5, 0.6) is 11.5 Å². The summed E-state index contributed by atoms with van der Waals surface area (Å²) < 4.78 is 10.8. The molecule has 0 unspecified atom stereocenters. The lowest BCUT2D eigenvalue weighted by Gasteiger charge is -2.30. The van der Waals surface area contributed by atoms with E-state index in [1.165, 1.54) is 7.11 Å². The summed E-state index contributed by atoms with van der Waals surface area (Å²) in [5.74, 6) is 0.117. The molecule has 2 aliphatic rings. The van der Waals surface area contributed by atoms with Crippen molar-refractivity contribution in [3.8, 4) is 11.5 Å². The summed E-state index contributed by atoms with van der Waals surface area (Å²) in [6, 6.07) is 12.2. The number of Topliss-reactive ketones (excluding diaryl/α,β-unsaturated/α-hetero) is 2. The fourth-order valence-corrected chi connectivity index (χ4v) is 6.18. The fraction of sp³-hybridized carbons (Fsp3) is 0.136. The molecule has 5 rings (SSSR count). The highest BCUT2D eigenvalue weighted by atomic mass is 32.2. The molecule has 6 nitrogen and oxygen atoms in total. The van der Waals surface area contributed by atoms with Crippen LogP contribution in [0.3, 0.4) is 0 Å². The van der Waals surface area contributed by atoms with Gasteiger partial charge in [-0.2, -0.15) is 0 Å². The number of methoxy groups -OCH3 is 2. The minimum atomic E-state index is -0.551. The van der Waals surface area contributed by atoms with Crippen molar-refractivity contribution < 1.29 is 19.1 Å². The van der Waals surface area contributed by atoms with E-state index >= 15 is 0 Å². The molecule has 30 heavy (non-hydrogen) atoms. The quantitative estimate of drug-likeness (QED) is 0.666. The van der Waals surface area contributed by atoms with Crippen LogP contribution < -0.4 is 14.3 Å². The van der Waals surface area contributed by atoms with Crippen molar-refractivity contribution in [2.45, 2.75) is 10.9 Å². The second-order valence-corrected chi connectivity index (χ2v) is 8.84. The minimum absolute atomic E-state index is 0.195. The van der Waals surface area contributed by atoms with Crippen molar-refractivity contribution in [2.24, 2.45) is 0 Å². The van der Waals surface area contributed by atoms with Crippen LogP contribution in [0.1, 0.15) is 37.1 Å². The van der Waals surface area contributed by atoms with Crippen LogP contribution in [0.25, 0.3) is 0 Å².